The molecule has 24 heavy (non-hydrogen) atoms. The van der Waals surface area contributed by atoms with Crippen molar-refractivity contribution in [2.24, 2.45) is 0 Å². The molecule has 2 aromatic heterocycles. The van der Waals surface area contributed by atoms with Gasteiger partial charge in [-0.05, 0) is 30.2 Å². The first-order valence-corrected chi connectivity index (χ1v) is 7.64. The molecule has 130 valence electrons. The first-order chi connectivity index (χ1) is 10.8. The van der Waals surface area contributed by atoms with Crippen LogP contribution in [0.5, 0.6) is 0 Å². The molecule has 1 aliphatic rings. The third-order valence-corrected chi connectivity index (χ3v) is 3.95. The number of amides is 1. The van der Waals surface area contributed by atoms with E-state index in [-0.39, 0.29) is 36.8 Å². The fraction of sp³-hybridized carbons (Fsp3) is 0.353. The minimum atomic E-state index is 0. The molecule has 0 radical (unpaired) electrons. The Kier molecular flexibility index (Phi) is 8.68. The summed E-state index contributed by atoms with van der Waals surface area (Å²) in [6.45, 7) is 2.35. The summed E-state index contributed by atoms with van der Waals surface area (Å²) >= 11 is 0. The summed E-state index contributed by atoms with van der Waals surface area (Å²) in [5.74, 6) is 0.181. The Balaban J connectivity index is 0.00000144. The molecule has 1 atom stereocenters. The number of carbonyl (C=O) groups is 1. The molecule has 3 rings (SSSR count). The lowest BCUT2D eigenvalue weighted by Gasteiger charge is -2.36. The number of hydrogen-bond donors (Lipinski definition) is 1. The molecule has 1 saturated heterocycles. The molecule has 5 nitrogen and oxygen atoms in total. The molecule has 1 amide bonds. The van der Waals surface area contributed by atoms with E-state index >= 15 is 0 Å². The van der Waals surface area contributed by atoms with Gasteiger partial charge in [0.2, 0.25) is 5.91 Å². The van der Waals surface area contributed by atoms with Crippen molar-refractivity contribution in [3.05, 3.63) is 60.2 Å². The molecule has 1 aliphatic heterocycles. The zero-order valence-corrected chi connectivity index (χ0v) is 14.9. The lowest BCUT2D eigenvalue weighted by molar-refractivity contribution is -0.134. The smallest absolute Gasteiger partial charge is 0.223 e. The van der Waals surface area contributed by atoms with Crippen molar-refractivity contribution in [1.82, 2.24) is 20.2 Å². The number of halogens is 2. The number of aromatic nitrogens is 2. The third kappa shape index (κ3) is 5.16. The molecule has 1 unspecified atom stereocenters. The zero-order chi connectivity index (χ0) is 15.2. The van der Waals surface area contributed by atoms with Gasteiger partial charge in [-0.15, -0.1) is 24.8 Å². The van der Waals surface area contributed by atoms with Gasteiger partial charge in [0.25, 0.3) is 0 Å². The van der Waals surface area contributed by atoms with Gasteiger partial charge in [0.05, 0.1) is 6.04 Å². The van der Waals surface area contributed by atoms with Gasteiger partial charge in [-0.25, -0.2) is 0 Å². The minimum Gasteiger partial charge on any atom is -0.333 e. The van der Waals surface area contributed by atoms with Crippen LogP contribution in [0.2, 0.25) is 0 Å². The summed E-state index contributed by atoms with van der Waals surface area (Å²) in [5, 5.41) is 3.36. The number of carbonyl (C=O) groups excluding carboxylic acids is 1. The fourth-order valence-electron chi connectivity index (χ4n) is 2.80. The topological polar surface area (TPSA) is 58.1 Å². The molecule has 0 bridgehead atoms. The van der Waals surface area contributed by atoms with E-state index in [9.17, 15) is 4.79 Å². The van der Waals surface area contributed by atoms with Crippen molar-refractivity contribution in [2.75, 3.05) is 19.6 Å². The number of piperazine rings is 1. The largest absolute Gasteiger partial charge is 0.333 e. The first kappa shape index (κ1) is 20.4. The van der Waals surface area contributed by atoms with Crippen LogP contribution in [0.4, 0.5) is 0 Å². The summed E-state index contributed by atoms with van der Waals surface area (Å²) < 4.78 is 0. The number of pyridine rings is 2. The molecular formula is C17H22Cl2N4O. The number of aryl methyl sites for hydroxylation is 1. The fourth-order valence-corrected chi connectivity index (χ4v) is 2.80. The predicted molar refractivity (Wildman–Crippen MR) is 98.6 cm³/mol. The van der Waals surface area contributed by atoms with Gasteiger partial charge in [0.1, 0.15) is 0 Å². The van der Waals surface area contributed by atoms with Gasteiger partial charge in [-0.2, -0.15) is 0 Å². The quantitative estimate of drug-likeness (QED) is 0.900. The van der Waals surface area contributed by atoms with Gasteiger partial charge in [0, 0.05) is 50.3 Å². The molecule has 2 aromatic rings. The van der Waals surface area contributed by atoms with Crippen molar-refractivity contribution < 1.29 is 4.79 Å². The maximum absolute atomic E-state index is 12.6. The second kappa shape index (κ2) is 10.2. The lowest BCUT2D eigenvalue weighted by Crippen LogP contribution is -2.48. The number of hydrogen-bond acceptors (Lipinski definition) is 4. The molecule has 1 fully saturated rings. The monoisotopic (exact) mass is 368 g/mol. The molecule has 3 heterocycles. The second-order valence-electron chi connectivity index (χ2n) is 5.41. The van der Waals surface area contributed by atoms with Gasteiger partial charge in [-0.1, -0.05) is 12.1 Å². The van der Waals surface area contributed by atoms with Crippen molar-refractivity contribution in [3.8, 4) is 0 Å². The number of nitrogens with one attached hydrogen (secondary N) is 1. The summed E-state index contributed by atoms with van der Waals surface area (Å²) in [4.78, 5) is 23.0. The highest BCUT2D eigenvalue weighted by Crippen LogP contribution is 2.22. The maximum atomic E-state index is 12.6. The Morgan fingerprint density at radius 3 is 2.79 bits per heavy atom. The molecule has 0 saturated carbocycles. The van der Waals surface area contributed by atoms with Gasteiger partial charge in [-0.3, -0.25) is 14.8 Å². The maximum Gasteiger partial charge on any atom is 0.223 e. The van der Waals surface area contributed by atoms with E-state index in [0.717, 1.165) is 30.9 Å². The van der Waals surface area contributed by atoms with E-state index in [1.807, 2.05) is 41.4 Å². The van der Waals surface area contributed by atoms with Crippen molar-refractivity contribution >= 4 is 30.7 Å². The van der Waals surface area contributed by atoms with Crippen LogP contribution >= 0.6 is 24.8 Å². The second-order valence-corrected chi connectivity index (χ2v) is 5.41. The average molecular weight is 369 g/mol. The van der Waals surface area contributed by atoms with Gasteiger partial charge in [0.15, 0.2) is 0 Å². The van der Waals surface area contributed by atoms with Crippen LogP contribution in [-0.4, -0.2) is 40.4 Å². The Morgan fingerprint density at radius 2 is 2.08 bits per heavy atom. The third-order valence-electron chi connectivity index (χ3n) is 3.95. The molecule has 0 spiro atoms. The highest BCUT2D eigenvalue weighted by Gasteiger charge is 2.27. The van der Waals surface area contributed by atoms with Gasteiger partial charge < -0.3 is 10.2 Å². The number of rotatable bonds is 4. The highest BCUT2D eigenvalue weighted by atomic mass is 35.5. The SMILES string of the molecule is Cl.Cl.O=C(CCc1ccccn1)N1CCNCC1c1cccnc1. The normalized spacial score (nSPS) is 16.7. The number of nitrogens with zero attached hydrogens (tertiary/aromatic N) is 3. The van der Waals surface area contributed by atoms with Crippen LogP contribution in [0.3, 0.4) is 0 Å². The van der Waals surface area contributed by atoms with Gasteiger partial charge >= 0.3 is 0 Å². The Labute approximate surface area is 154 Å². The molecular weight excluding hydrogens is 347 g/mol. The minimum absolute atomic E-state index is 0. The standard InChI is InChI=1S/C17H20N4O.2ClH/c22-17(7-6-15-5-1-2-9-20-15)21-11-10-19-13-16(21)14-4-3-8-18-12-14;;/h1-5,8-9,12,16,19H,6-7,10-11,13H2;2*1H. The summed E-state index contributed by atoms with van der Waals surface area (Å²) in [7, 11) is 0. The zero-order valence-electron chi connectivity index (χ0n) is 13.3. The molecule has 0 aromatic carbocycles. The Bertz CT molecular complexity index is 613. The van der Waals surface area contributed by atoms with Crippen molar-refractivity contribution in [1.29, 1.82) is 0 Å². The van der Waals surface area contributed by atoms with E-state index in [4.69, 9.17) is 0 Å². The van der Waals surface area contributed by atoms with E-state index < -0.39 is 0 Å². The predicted octanol–water partition coefficient (Wildman–Crippen LogP) is 2.43. The van der Waals surface area contributed by atoms with Crippen LogP contribution in [0, 0.1) is 0 Å². The molecule has 1 N–H and O–H groups in total. The van der Waals surface area contributed by atoms with E-state index in [0.29, 0.717) is 12.8 Å². The summed E-state index contributed by atoms with van der Waals surface area (Å²) in [6, 6.07) is 9.82. The van der Waals surface area contributed by atoms with Crippen molar-refractivity contribution in [2.45, 2.75) is 18.9 Å². The van der Waals surface area contributed by atoms with Crippen LogP contribution < -0.4 is 5.32 Å². The van der Waals surface area contributed by atoms with Crippen LogP contribution in [0.25, 0.3) is 0 Å². The van der Waals surface area contributed by atoms with E-state index in [1.165, 1.54) is 0 Å². The lowest BCUT2D eigenvalue weighted by atomic mass is 10.0. The van der Waals surface area contributed by atoms with E-state index in [2.05, 4.69) is 15.3 Å². The van der Waals surface area contributed by atoms with Crippen molar-refractivity contribution in [3.63, 3.8) is 0 Å². The van der Waals surface area contributed by atoms with Crippen LogP contribution in [0.1, 0.15) is 23.7 Å². The summed E-state index contributed by atoms with van der Waals surface area (Å²) in [5.41, 5.74) is 2.05. The average Bonchev–Trinajstić information content (AvgIpc) is 2.61. The molecule has 7 heteroatoms. The Hall–Kier alpha value is -1.69. The van der Waals surface area contributed by atoms with E-state index in [1.54, 1.807) is 12.4 Å². The first-order valence-electron chi connectivity index (χ1n) is 7.64. The summed E-state index contributed by atoms with van der Waals surface area (Å²) in [6.07, 6.45) is 6.55. The van der Waals surface area contributed by atoms with Crippen LogP contribution in [-0.2, 0) is 11.2 Å². The Morgan fingerprint density at radius 1 is 1.21 bits per heavy atom. The molecule has 0 aliphatic carbocycles. The highest BCUT2D eigenvalue weighted by molar-refractivity contribution is 5.85. The van der Waals surface area contributed by atoms with Crippen LogP contribution in [0.15, 0.2) is 48.9 Å².